The molecule has 2 N–H and O–H groups in total. The van der Waals surface area contributed by atoms with Gasteiger partial charge in [-0.2, -0.15) is 0 Å². The van der Waals surface area contributed by atoms with Gasteiger partial charge in [0, 0.05) is 15.7 Å². The van der Waals surface area contributed by atoms with Crippen LogP contribution in [0.25, 0.3) is 0 Å². The Morgan fingerprint density at radius 3 is 2.33 bits per heavy atom. The van der Waals surface area contributed by atoms with Crippen LogP contribution >= 0.6 is 22.6 Å². The van der Waals surface area contributed by atoms with E-state index in [1.54, 1.807) is 30.3 Å². The van der Waals surface area contributed by atoms with Crippen molar-refractivity contribution in [3.8, 4) is 0 Å². The van der Waals surface area contributed by atoms with Gasteiger partial charge in [0.25, 0.3) is 11.8 Å². The van der Waals surface area contributed by atoms with Gasteiger partial charge in [0.2, 0.25) is 0 Å². The second-order valence-corrected chi connectivity index (χ2v) is 7.29. The Balaban J connectivity index is 1.74. The molecule has 4 nitrogen and oxygen atoms in total. The van der Waals surface area contributed by atoms with Gasteiger partial charge in [-0.3, -0.25) is 9.59 Å². The fraction of sp³-hybridized carbons (Fsp3) is 0.0909. The molecular formula is C22H19IN2O2. The summed E-state index contributed by atoms with van der Waals surface area (Å²) in [6.07, 6.45) is 0. The van der Waals surface area contributed by atoms with Gasteiger partial charge < -0.3 is 10.6 Å². The van der Waals surface area contributed by atoms with Crippen molar-refractivity contribution in [1.29, 1.82) is 0 Å². The van der Waals surface area contributed by atoms with E-state index < -0.39 is 0 Å². The van der Waals surface area contributed by atoms with E-state index >= 15 is 0 Å². The van der Waals surface area contributed by atoms with Crippen molar-refractivity contribution in [2.24, 2.45) is 0 Å². The average Bonchev–Trinajstić information content (AvgIpc) is 2.69. The number of benzene rings is 3. The molecule has 3 aromatic rings. The van der Waals surface area contributed by atoms with Crippen LogP contribution in [0.15, 0.2) is 72.8 Å². The number of aryl methyl sites for hydroxylation is 1. The van der Waals surface area contributed by atoms with Gasteiger partial charge in [-0.25, -0.2) is 0 Å². The minimum atomic E-state index is -0.240. The summed E-state index contributed by atoms with van der Waals surface area (Å²) in [6.45, 7) is 2.42. The van der Waals surface area contributed by atoms with Crippen LogP contribution in [0.2, 0.25) is 0 Å². The molecule has 0 saturated carbocycles. The molecule has 0 atom stereocenters. The number of amides is 2. The SMILES string of the molecule is Cc1ccc(C(=O)Nc2ccccc2C(=O)NCc2ccccc2)cc1I. The van der Waals surface area contributed by atoms with Crippen molar-refractivity contribution >= 4 is 40.1 Å². The molecule has 0 fully saturated rings. The molecule has 0 aromatic heterocycles. The number of anilines is 1. The third-order valence-electron chi connectivity index (χ3n) is 4.15. The molecule has 136 valence electrons. The van der Waals surface area contributed by atoms with Crippen LogP contribution in [0.3, 0.4) is 0 Å². The maximum Gasteiger partial charge on any atom is 0.255 e. The first-order valence-corrected chi connectivity index (χ1v) is 9.61. The lowest BCUT2D eigenvalue weighted by Crippen LogP contribution is -2.24. The highest BCUT2D eigenvalue weighted by molar-refractivity contribution is 14.1. The van der Waals surface area contributed by atoms with E-state index in [1.165, 1.54) is 0 Å². The quantitative estimate of drug-likeness (QED) is 0.528. The molecular weight excluding hydrogens is 451 g/mol. The van der Waals surface area contributed by atoms with Crippen molar-refractivity contribution in [2.75, 3.05) is 5.32 Å². The summed E-state index contributed by atoms with van der Waals surface area (Å²) in [5, 5.41) is 5.74. The first kappa shape index (κ1) is 19.1. The minimum Gasteiger partial charge on any atom is -0.348 e. The lowest BCUT2D eigenvalue weighted by Gasteiger charge is -2.12. The van der Waals surface area contributed by atoms with Crippen LogP contribution in [0, 0.1) is 10.5 Å². The van der Waals surface area contributed by atoms with Crippen molar-refractivity contribution in [2.45, 2.75) is 13.5 Å². The molecule has 0 heterocycles. The first-order valence-electron chi connectivity index (χ1n) is 8.53. The van der Waals surface area contributed by atoms with E-state index in [4.69, 9.17) is 0 Å². The smallest absolute Gasteiger partial charge is 0.255 e. The number of rotatable bonds is 5. The second-order valence-electron chi connectivity index (χ2n) is 6.13. The Hall–Kier alpha value is -2.67. The number of para-hydroxylation sites is 1. The van der Waals surface area contributed by atoms with Crippen LogP contribution < -0.4 is 10.6 Å². The largest absolute Gasteiger partial charge is 0.348 e. The van der Waals surface area contributed by atoms with Crippen LogP contribution in [0.1, 0.15) is 31.8 Å². The van der Waals surface area contributed by atoms with Crippen LogP contribution in [0.5, 0.6) is 0 Å². The van der Waals surface area contributed by atoms with Gasteiger partial charge in [0.15, 0.2) is 0 Å². The Bertz CT molecular complexity index is 971. The Labute approximate surface area is 172 Å². The number of nitrogens with one attached hydrogen (secondary N) is 2. The number of hydrogen-bond donors (Lipinski definition) is 2. The molecule has 0 unspecified atom stereocenters. The third-order valence-corrected chi connectivity index (χ3v) is 5.31. The molecule has 3 aromatic carbocycles. The Morgan fingerprint density at radius 2 is 1.59 bits per heavy atom. The molecule has 0 aliphatic heterocycles. The predicted octanol–water partition coefficient (Wildman–Crippen LogP) is 4.78. The molecule has 0 radical (unpaired) electrons. The topological polar surface area (TPSA) is 58.2 Å². The maximum absolute atomic E-state index is 12.6. The molecule has 0 aliphatic carbocycles. The monoisotopic (exact) mass is 470 g/mol. The van der Waals surface area contributed by atoms with E-state index in [0.717, 1.165) is 14.7 Å². The highest BCUT2D eigenvalue weighted by Crippen LogP contribution is 2.18. The first-order chi connectivity index (χ1) is 13.0. The summed E-state index contributed by atoms with van der Waals surface area (Å²) in [4.78, 5) is 25.2. The zero-order chi connectivity index (χ0) is 19.2. The van der Waals surface area contributed by atoms with Crippen LogP contribution in [-0.2, 0) is 6.54 Å². The van der Waals surface area contributed by atoms with Crippen molar-refractivity contribution in [3.63, 3.8) is 0 Å². The maximum atomic E-state index is 12.6. The fourth-order valence-electron chi connectivity index (χ4n) is 2.59. The summed E-state index contributed by atoms with van der Waals surface area (Å²) in [6, 6.07) is 22.2. The van der Waals surface area contributed by atoms with E-state index in [0.29, 0.717) is 23.4 Å². The zero-order valence-corrected chi connectivity index (χ0v) is 17.0. The van der Waals surface area contributed by atoms with Crippen molar-refractivity contribution in [3.05, 3.63) is 98.6 Å². The van der Waals surface area contributed by atoms with E-state index in [9.17, 15) is 9.59 Å². The molecule has 0 bridgehead atoms. The standard InChI is InChI=1S/C22H19IN2O2/c1-15-11-12-17(13-19(15)23)21(26)25-20-10-6-5-9-18(20)22(27)24-14-16-7-3-2-4-8-16/h2-13H,14H2,1H3,(H,24,27)(H,25,26). The van der Waals surface area contributed by atoms with Crippen molar-refractivity contribution in [1.82, 2.24) is 5.32 Å². The molecule has 0 aliphatic rings. The van der Waals surface area contributed by atoms with Gasteiger partial charge in [-0.1, -0.05) is 48.5 Å². The summed E-state index contributed by atoms with van der Waals surface area (Å²) >= 11 is 2.20. The van der Waals surface area contributed by atoms with E-state index in [1.807, 2.05) is 49.4 Å². The Kier molecular flexibility index (Phi) is 6.24. The number of carbonyl (C=O) groups excluding carboxylic acids is 2. The summed E-state index contributed by atoms with van der Waals surface area (Å²) in [7, 11) is 0. The Morgan fingerprint density at radius 1 is 0.889 bits per heavy atom. The molecule has 27 heavy (non-hydrogen) atoms. The molecule has 3 rings (SSSR count). The summed E-state index contributed by atoms with van der Waals surface area (Å²) in [5.41, 5.74) is 3.62. The second kappa shape index (κ2) is 8.81. The average molecular weight is 470 g/mol. The zero-order valence-electron chi connectivity index (χ0n) is 14.8. The lowest BCUT2D eigenvalue weighted by atomic mass is 10.1. The van der Waals surface area contributed by atoms with Gasteiger partial charge in [0.1, 0.15) is 0 Å². The lowest BCUT2D eigenvalue weighted by molar-refractivity contribution is 0.0952. The third kappa shape index (κ3) is 4.95. The van der Waals surface area contributed by atoms with Crippen molar-refractivity contribution < 1.29 is 9.59 Å². The normalized spacial score (nSPS) is 10.3. The highest BCUT2D eigenvalue weighted by atomic mass is 127. The van der Waals surface area contributed by atoms with Gasteiger partial charge in [0.05, 0.1) is 11.3 Å². The van der Waals surface area contributed by atoms with Crippen LogP contribution in [0.4, 0.5) is 5.69 Å². The summed E-state index contributed by atoms with van der Waals surface area (Å²) < 4.78 is 1.02. The van der Waals surface area contributed by atoms with Gasteiger partial charge >= 0.3 is 0 Å². The van der Waals surface area contributed by atoms with Gasteiger partial charge in [-0.15, -0.1) is 0 Å². The minimum absolute atomic E-state index is 0.228. The molecule has 0 spiro atoms. The predicted molar refractivity (Wildman–Crippen MR) is 116 cm³/mol. The fourth-order valence-corrected chi connectivity index (χ4v) is 3.11. The van der Waals surface area contributed by atoms with Crippen LogP contribution in [-0.4, -0.2) is 11.8 Å². The van der Waals surface area contributed by atoms with E-state index in [2.05, 4.69) is 33.2 Å². The number of hydrogen-bond acceptors (Lipinski definition) is 2. The number of halogens is 1. The highest BCUT2D eigenvalue weighted by Gasteiger charge is 2.14. The molecule has 2 amide bonds. The molecule has 5 heteroatoms. The molecule has 0 saturated heterocycles. The van der Waals surface area contributed by atoms with Gasteiger partial charge in [-0.05, 0) is 64.9 Å². The van der Waals surface area contributed by atoms with E-state index in [-0.39, 0.29) is 11.8 Å². The summed E-state index contributed by atoms with van der Waals surface area (Å²) in [5.74, 6) is -0.468. The number of carbonyl (C=O) groups is 2.